The summed E-state index contributed by atoms with van der Waals surface area (Å²) in [5.74, 6) is -0.434. The molecule has 0 aliphatic carbocycles. The lowest BCUT2D eigenvalue weighted by Gasteiger charge is -2.35. The molecule has 1 aliphatic rings. The van der Waals surface area contributed by atoms with Crippen LogP contribution in [-0.2, 0) is 23.8 Å². The van der Waals surface area contributed by atoms with Crippen LogP contribution in [-0.4, -0.2) is 58.7 Å². The van der Waals surface area contributed by atoms with E-state index in [1.54, 1.807) is 12.1 Å². The summed E-state index contributed by atoms with van der Waals surface area (Å²) in [6, 6.07) is 11.6. The van der Waals surface area contributed by atoms with Gasteiger partial charge in [-0.05, 0) is 51.6 Å². The highest BCUT2D eigenvalue weighted by molar-refractivity contribution is 5.87. The van der Waals surface area contributed by atoms with Crippen molar-refractivity contribution in [1.29, 1.82) is 0 Å². The first kappa shape index (κ1) is 25.3. The number of benzene rings is 2. The second kappa shape index (κ2) is 9.86. The van der Waals surface area contributed by atoms with Crippen LogP contribution in [0.3, 0.4) is 0 Å². The number of nitrogens with zero attached hydrogens (tertiary/aromatic N) is 2. The van der Waals surface area contributed by atoms with Gasteiger partial charge in [0.15, 0.2) is 0 Å². The first-order valence-corrected chi connectivity index (χ1v) is 12.0. The summed E-state index contributed by atoms with van der Waals surface area (Å²) in [7, 11) is 0. The summed E-state index contributed by atoms with van der Waals surface area (Å²) in [6.45, 7) is 18.9. The van der Waals surface area contributed by atoms with Crippen molar-refractivity contribution in [2.45, 2.75) is 65.3 Å². The van der Waals surface area contributed by atoms with E-state index in [0.717, 1.165) is 62.4 Å². The largest absolute Gasteiger partial charge is 0.507 e. The van der Waals surface area contributed by atoms with Crippen molar-refractivity contribution in [3.05, 3.63) is 64.2 Å². The molecule has 5 heteroatoms. The number of rotatable bonds is 6. The van der Waals surface area contributed by atoms with Crippen LogP contribution < -0.4 is 0 Å². The Morgan fingerprint density at radius 1 is 0.818 bits per heavy atom. The van der Waals surface area contributed by atoms with E-state index in [1.807, 2.05) is 12.1 Å². The molecule has 1 heterocycles. The smallest absolute Gasteiger partial charge is 0.335 e. The van der Waals surface area contributed by atoms with Crippen molar-refractivity contribution >= 4 is 5.97 Å². The molecule has 0 radical (unpaired) electrons. The molecule has 0 unspecified atom stereocenters. The van der Waals surface area contributed by atoms with Crippen LogP contribution in [0.15, 0.2) is 36.4 Å². The summed E-state index contributed by atoms with van der Waals surface area (Å²) in [4.78, 5) is 16.0. The fourth-order valence-electron chi connectivity index (χ4n) is 4.45. The molecule has 2 N–H and O–H groups in total. The SMILES string of the molecule is CC(C)(C)c1cc(CCN2CCN(Cc3ccc(C(=O)O)cc3)CC2)cc(C(C)(C)C)c1O. The van der Waals surface area contributed by atoms with E-state index in [0.29, 0.717) is 11.3 Å². The molecule has 0 bridgehead atoms. The van der Waals surface area contributed by atoms with Gasteiger partial charge in [0, 0.05) is 39.3 Å². The predicted molar refractivity (Wildman–Crippen MR) is 134 cm³/mol. The molecular formula is C28H40N2O3. The van der Waals surface area contributed by atoms with E-state index in [-0.39, 0.29) is 10.8 Å². The number of hydrogen-bond donors (Lipinski definition) is 2. The maximum absolute atomic E-state index is 11.0. The molecule has 2 aromatic carbocycles. The highest BCUT2D eigenvalue weighted by Gasteiger charge is 2.26. The Morgan fingerprint density at radius 2 is 1.30 bits per heavy atom. The monoisotopic (exact) mass is 452 g/mol. The van der Waals surface area contributed by atoms with Crippen molar-refractivity contribution < 1.29 is 15.0 Å². The summed E-state index contributed by atoms with van der Waals surface area (Å²) < 4.78 is 0. The van der Waals surface area contributed by atoms with E-state index in [2.05, 4.69) is 63.5 Å². The van der Waals surface area contributed by atoms with Gasteiger partial charge in [0.25, 0.3) is 0 Å². The molecule has 0 spiro atoms. The maximum Gasteiger partial charge on any atom is 0.335 e. The number of phenolic OH excluding ortho intramolecular Hbond substituents is 1. The quantitative estimate of drug-likeness (QED) is 0.642. The van der Waals surface area contributed by atoms with E-state index in [9.17, 15) is 9.90 Å². The van der Waals surface area contributed by atoms with Gasteiger partial charge in [-0.2, -0.15) is 0 Å². The number of carboxylic acids is 1. The van der Waals surface area contributed by atoms with Gasteiger partial charge >= 0.3 is 5.97 Å². The molecule has 3 rings (SSSR count). The average molecular weight is 453 g/mol. The molecule has 1 fully saturated rings. The molecule has 0 atom stereocenters. The lowest BCUT2D eigenvalue weighted by atomic mass is 9.78. The van der Waals surface area contributed by atoms with Gasteiger partial charge in [-0.15, -0.1) is 0 Å². The summed E-state index contributed by atoms with van der Waals surface area (Å²) in [5.41, 5.74) is 4.64. The van der Waals surface area contributed by atoms with Gasteiger partial charge in [-0.25, -0.2) is 4.79 Å². The van der Waals surface area contributed by atoms with E-state index >= 15 is 0 Å². The Bertz CT molecular complexity index is 925. The summed E-state index contributed by atoms with van der Waals surface area (Å²) in [5, 5.41) is 20.0. The Hall–Kier alpha value is -2.37. The van der Waals surface area contributed by atoms with Gasteiger partial charge in [0.2, 0.25) is 0 Å². The topological polar surface area (TPSA) is 64.0 Å². The molecule has 1 aliphatic heterocycles. The molecule has 0 aromatic heterocycles. The number of piperazine rings is 1. The third-order valence-corrected chi connectivity index (χ3v) is 6.57. The van der Waals surface area contributed by atoms with Gasteiger partial charge in [-0.1, -0.05) is 65.8 Å². The summed E-state index contributed by atoms with van der Waals surface area (Å²) >= 11 is 0. The van der Waals surface area contributed by atoms with Gasteiger partial charge < -0.3 is 15.1 Å². The molecule has 0 saturated carbocycles. The molecule has 33 heavy (non-hydrogen) atoms. The molecule has 1 saturated heterocycles. The third-order valence-electron chi connectivity index (χ3n) is 6.57. The van der Waals surface area contributed by atoms with Crippen LogP contribution in [0.5, 0.6) is 5.75 Å². The van der Waals surface area contributed by atoms with Crippen LogP contribution in [0.4, 0.5) is 0 Å². The van der Waals surface area contributed by atoms with Crippen molar-refractivity contribution in [2.75, 3.05) is 32.7 Å². The second-order valence-corrected chi connectivity index (χ2v) is 11.4. The van der Waals surface area contributed by atoms with Crippen molar-refractivity contribution in [2.24, 2.45) is 0 Å². The Balaban J connectivity index is 1.58. The van der Waals surface area contributed by atoms with Crippen molar-refractivity contribution in [3.63, 3.8) is 0 Å². The lowest BCUT2D eigenvalue weighted by Crippen LogP contribution is -2.46. The molecular weight excluding hydrogens is 412 g/mol. The first-order valence-electron chi connectivity index (χ1n) is 12.0. The standard InChI is InChI=1S/C28H40N2O3/c1-27(2,3)23-17-21(18-24(25(23)31)28(4,5)6)11-12-29-13-15-30(16-14-29)19-20-7-9-22(10-8-20)26(32)33/h7-10,17-18,31H,11-16,19H2,1-6H3,(H,32,33). The third kappa shape index (κ3) is 6.58. The van der Waals surface area contributed by atoms with E-state index in [1.165, 1.54) is 5.56 Å². The van der Waals surface area contributed by atoms with Gasteiger partial charge in [-0.3, -0.25) is 4.90 Å². The van der Waals surface area contributed by atoms with Crippen molar-refractivity contribution in [1.82, 2.24) is 9.80 Å². The normalized spacial score (nSPS) is 16.2. The Kier molecular flexibility index (Phi) is 7.55. The molecule has 180 valence electrons. The maximum atomic E-state index is 11.0. The highest BCUT2D eigenvalue weighted by Crippen LogP contribution is 2.39. The first-order chi connectivity index (χ1) is 15.3. The highest BCUT2D eigenvalue weighted by atomic mass is 16.4. The van der Waals surface area contributed by atoms with Crippen molar-refractivity contribution in [3.8, 4) is 5.75 Å². The summed E-state index contributed by atoms with van der Waals surface area (Å²) in [6.07, 6.45) is 0.975. The predicted octanol–water partition coefficient (Wildman–Crippen LogP) is 5.05. The Labute approximate surface area is 199 Å². The van der Waals surface area contributed by atoms with E-state index < -0.39 is 5.97 Å². The zero-order valence-corrected chi connectivity index (χ0v) is 21.1. The zero-order chi connectivity index (χ0) is 24.4. The van der Waals surface area contributed by atoms with E-state index in [4.69, 9.17) is 5.11 Å². The molecule has 2 aromatic rings. The lowest BCUT2D eigenvalue weighted by molar-refractivity contribution is 0.0697. The number of aromatic hydroxyl groups is 1. The minimum atomic E-state index is -0.881. The number of aromatic carboxylic acids is 1. The number of carboxylic acid groups (broad SMARTS) is 1. The van der Waals surface area contributed by atoms with Crippen LogP contribution in [0.25, 0.3) is 0 Å². The van der Waals surface area contributed by atoms with Crippen LogP contribution in [0.1, 0.15) is 74.2 Å². The number of carbonyl (C=O) groups is 1. The minimum absolute atomic E-state index is 0.103. The minimum Gasteiger partial charge on any atom is -0.507 e. The van der Waals surface area contributed by atoms with Crippen LogP contribution in [0, 0.1) is 0 Å². The Morgan fingerprint density at radius 3 is 1.76 bits per heavy atom. The zero-order valence-electron chi connectivity index (χ0n) is 21.1. The van der Waals surface area contributed by atoms with Crippen LogP contribution >= 0.6 is 0 Å². The number of phenols is 1. The van der Waals surface area contributed by atoms with Crippen LogP contribution in [0.2, 0.25) is 0 Å². The fraction of sp³-hybridized carbons (Fsp3) is 0.536. The van der Waals surface area contributed by atoms with Gasteiger partial charge in [0.1, 0.15) is 5.75 Å². The fourth-order valence-corrected chi connectivity index (χ4v) is 4.45. The average Bonchev–Trinajstić information content (AvgIpc) is 2.72. The molecule has 0 amide bonds. The molecule has 5 nitrogen and oxygen atoms in total. The number of hydrogen-bond acceptors (Lipinski definition) is 4. The van der Waals surface area contributed by atoms with Gasteiger partial charge in [0.05, 0.1) is 5.56 Å². The second-order valence-electron chi connectivity index (χ2n) is 11.4.